The van der Waals surface area contributed by atoms with Crippen LogP contribution in [-0.4, -0.2) is 47.3 Å². The summed E-state index contributed by atoms with van der Waals surface area (Å²) in [6.45, 7) is 3.21. The van der Waals surface area contributed by atoms with E-state index in [1.165, 1.54) is 0 Å². The van der Waals surface area contributed by atoms with Crippen LogP contribution in [0.1, 0.15) is 0 Å². The molecule has 0 radical (unpaired) electrons. The largest absolute Gasteiger partial charge is 0.378 e. The SMILES string of the molecule is CSc1nnc(N2CCOCC2)n1-c1ccccc1. The summed E-state index contributed by atoms with van der Waals surface area (Å²) in [6.07, 6.45) is 2.02. The molecule has 3 rings (SSSR count). The van der Waals surface area contributed by atoms with Crippen LogP contribution >= 0.6 is 11.8 Å². The van der Waals surface area contributed by atoms with E-state index in [0.717, 1.165) is 43.1 Å². The molecule has 1 saturated heterocycles. The van der Waals surface area contributed by atoms with Crippen molar-refractivity contribution < 1.29 is 4.74 Å². The van der Waals surface area contributed by atoms with Crippen LogP contribution in [0.3, 0.4) is 0 Å². The maximum atomic E-state index is 5.40. The molecular formula is C13H16N4OS. The summed E-state index contributed by atoms with van der Waals surface area (Å²) in [5.41, 5.74) is 1.10. The van der Waals surface area contributed by atoms with Crippen molar-refractivity contribution in [3.63, 3.8) is 0 Å². The number of hydrogen-bond acceptors (Lipinski definition) is 5. The number of hydrogen-bond donors (Lipinski definition) is 0. The lowest BCUT2D eigenvalue weighted by atomic mass is 10.3. The van der Waals surface area contributed by atoms with E-state index in [1.807, 2.05) is 24.5 Å². The Morgan fingerprint density at radius 2 is 1.84 bits per heavy atom. The Balaban J connectivity index is 2.03. The van der Waals surface area contributed by atoms with Gasteiger partial charge in [0.15, 0.2) is 5.16 Å². The Morgan fingerprint density at radius 3 is 2.53 bits per heavy atom. The zero-order valence-electron chi connectivity index (χ0n) is 10.8. The van der Waals surface area contributed by atoms with Gasteiger partial charge in [0.05, 0.1) is 18.9 Å². The summed E-state index contributed by atoms with van der Waals surface area (Å²) in [5, 5.41) is 9.54. The van der Waals surface area contributed by atoms with Crippen molar-refractivity contribution >= 4 is 17.7 Å². The zero-order valence-corrected chi connectivity index (χ0v) is 11.6. The van der Waals surface area contributed by atoms with Gasteiger partial charge in [-0.25, -0.2) is 0 Å². The molecule has 0 bridgehead atoms. The summed E-state index contributed by atoms with van der Waals surface area (Å²) >= 11 is 1.61. The average molecular weight is 276 g/mol. The van der Waals surface area contributed by atoms with Gasteiger partial charge in [-0.3, -0.25) is 4.57 Å². The van der Waals surface area contributed by atoms with E-state index >= 15 is 0 Å². The van der Waals surface area contributed by atoms with E-state index in [4.69, 9.17) is 4.74 Å². The molecule has 0 amide bonds. The van der Waals surface area contributed by atoms with E-state index in [2.05, 4.69) is 31.8 Å². The molecule has 1 fully saturated rings. The standard InChI is InChI=1S/C13H16N4OS/c1-19-13-15-14-12(16-7-9-18-10-8-16)17(13)11-5-3-2-4-6-11/h2-6H,7-10H2,1H3. The van der Waals surface area contributed by atoms with Gasteiger partial charge in [-0.2, -0.15) is 0 Å². The number of nitrogens with zero attached hydrogens (tertiary/aromatic N) is 4. The second-order valence-corrected chi connectivity index (χ2v) is 5.03. The normalized spacial score (nSPS) is 15.7. The monoisotopic (exact) mass is 276 g/mol. The lowest BCUT2D eigenvalue weighted by Crippen LogP contribution is -2.37. The Kier molecular flexibility index (Phi) is 3.70. The molecule has 0 aliphatic carbocycles. The van der Waals surface area contributed by atoms with Crippen LogP contribution in [0.15, 0.2) is 35.5 Å². The fourth-order valence-corrected chi connectivity index (χ4v) is 2.66. The number of benzene rings is 1. The molecule has 100 valence electrons. The quantitative estimate of drug-likeness (QED) is 0.800. The van der Waals surface area contributed by atoms with Gasteiger partial charge in [0.25, 0.3) is 0 Å². The molecule has 19 heavy (non-hydrogen) atoms. The lowest BCUT2D eigenvalue weighted by Gasteiger charge is -2.27. The molecule has 0 saturated carbocycles. The molecule has 1 aliphatic heterocycles. The number of rotatable bonds is 3. The van der Waals surface area contributed by atoms with E-state index < -0.39 is 0 Å². The topological polar surface area (TPSA) is 43.2 Å². The van der Waals surface area contributed by atoms with Gasteiger partial charge in [-0.05, 0) is 18.4 Å². The summed E-state index contributed by atoms with van der Waals surface area (Å²) in [5.74, 6) is 0.902. The molecule has 0 unspecified atom stereocenters. The number of morpholine rings is 1. The highest BCUT2D eigenvalue weighted by atomic mass is 32.2. The number of anilines is 1. The van der Waals surface area contributed by atoms with Crippen molar-refractivity contribution in [1.29, 1.82) is 0 Å². The van der Waals surface area contributed by atoms with Crippen LogP contribution in [0.2, 0.25) is 0 Å². The Bertz CT molecular complexity index is 537. The third-order valence-electron chi connectivity index (χ3n) is 3.11. The first kappa shape index (κ1) is 12.5. The van der Waals surface area contributed by atoms with Gasteiger partial charge in [0.1, 0.15) is 0 Å². The van der Waals surface area contributed by atoms with E-state index in [-0.39, 0.29) is 0 Å². The van der Waals surface area contributed by atoms with Crippen molar-refractivity contribution in [2.24, 2.45) is 0 Å². The average Bonchev–Trinajstić information content (AvgIpc) is 2.93. The van der Waals surface area contributed by atoms with Gasteiger partial charge in [0.2, 0.25) is 5.95 Å². The summed E-state index contributed by atoms with van der Waals surface area (Å²) in [4.78, 5) is 2.23. The molecule has 6 heteroatoms. The van der Waals surface area contributed by atoms with Crippen LogP contribution < -0.4 is 4.90 Å². The summed E-state index contributed by atoms with van der Waals surface area (Å²) in [6, 6.07) is 10.2. The Morgan fingerprint density at radius 1 is 1.11 bits per heavy atom. The number of aromatic nitrogens is 3. The highest BCUT2D eigenvalue weighted by Crippen LogP contribution is 2.25. The molecule has 0 spiro atoms. The van der Waals surface area contributed by atoms with Crippen molar-refractivity contribution in [1.82, 2.24) is 14.8 Å². The third kappa shape index (κ3) is 2.46. The molecule has 1 aromatic heterocycles. The van der Waals surface area contributed by atoms with Crippen LogP contribution in [-0.2, 0) is 4.74 Å². The van der Waals surface area contributed by atoms with Gasteiger partial charge >= 0.3 is 0 Å². The summed E-state index contributed by atoms with van der Waals surface area (Å²) < 4.78 is 7.50. The van der Waals surface area contributed by atoms with Crippen LogP contribution in [0.25, 0.3) is 5.69 Å². The third-order valence-corrected chi connectivity index (χ3v) is 3.74. The van der Waals surface area contributed by atoms with Crippen molar-refractivity contribution in [3.05, 3.63) is 30.3 Å². The fraction of sp³-hybridized carbons (Fsp3) is 0.385. The van der Waals surface area contributed by atoms with Gasteiger partial charge in [0, 0.05) is 13.1 Å². The van der Waals surface area contributed by atoms with Crippen LogP contribution in [0.5, 0.6) is 0 Å². The van der Waals surface area contributed by atoms with E-state index in [0.29, 0.717) is 0 Å². The molecule has 1 aromatic carbocycles. The first-order valence-electron chi connectivity index (χ1n) is 6.27. The first-order chi connectivity index (χ1) is 9.40. The minimum atomic E-state index is 0.746. The van der Waals surface area contributed by atoms with Crippen molar-refractivity contribution in [3.8, 4) is 5.69 Å². The highest BCUT2D eigenvalue weighted by Gasteiger charge is 2.20. The number of para-hydroxylation sites is 1. The second kappa shape index (κ2) is 5.63. The van der Waals surface area contributed by atoms with Gasteiger partial charge in [-0.15, -0.1) is 10.2 Å². The molecule has 5 nitrogen and oxygen atoms in total. The minimum Gasteiger partial charge on any atom is -0.378 e. The van der Waals surface area contributed by atoms with Gasteiger partial charge in [-0.1, -0.05) is 30.0 Å². The maximum absolute atomic E-state index is 5.40. The van der Waals surface area contributed by atoms with Crippen molar-refractivity contribution in [2.75, 3.05) is 37.5 Å². The zero-order chi connectivity index (χ0) is 13.1. The minimum absolute atomic E-state index is 0.746. The van der Waals surface area contributed by atoms with Gasteiger partial charge < -0.3 is 9.64 Å². The molecule has 0 atom stereocenters. The predicted molar refractivity (Wildman–Crippen MR) is 76.2 cm³/mol. The first-order valence-corrected chi connectivity index (χ1v) is 7.50. The van der Waals surface area contributed by atoms with Crippen molar-refractivity contribution in [2.45, 2.75) is 5.16 Å². The van der Waals surface area contributed by atoms with Crippen LogP contribution in [0.4, 0.5) is 5.95 Å². The van der Waals surface area contributed by atoms with E-state index in [9.17, 15) is 0 Å². The molecule has 0 N–H and O–H groups in total. The molecule has 1 aliphatic rings. The molecule has 2 heterocycles. The highest BCUT2D eigenvalue weighted by molar-refractivity contribution is 7.98. The second-order valence-electron chi connectivity index (χ2n) is 4.26. The molecule has 2 aromatic rings. The maximum Gasteiger partial charge on any atom is 0.232 e. The van der Waals surface area contributed by atoms with E-state index in [1.54, 1.807) is 11.8 Å². The lowest BCUT2D eigenvalue weighted by molar-refractivity contribution is 0.122. The molecular weight excluding hydrogens is 260 g/mol. The fourth-order valence-electron chi connectivity index (χ4n) is 2.17. The smallest absolute Gasteiger partial charge is 0.232 e. The number of thioether (sulfide) groups is 1. The van der Waals surface area contributed by atoms with Crippen LogP contribution in [0, 0.1) is 0 Å². The summed E-state index contributed by atoms with van der Waals surface area (Å²) in [7, 11) is 0. The Hall–Kier alpha value is -1.53. The Labute approximate surface area is 116 Å². The predicted octanol–water partition coefficient (Wildman–Crippen LogP) is 1.83. The number of ether oxygens (including phenoxy) is 1.